The van der Waals surface area contributed by atoms with E-state index in [0.29, 0.717) is 13.0 Å². The molecule has 0 spiro atoms. The number of likely N-dealkylation sites (N-methyl/N-ethyl adjacent to an activating group) is 1. The van der Waals surface area contributed by atoms with Gasteiger partial charge in [-0.05, 0) is 58.3 Å². The minimum Gasteiger partial charge on any atom is -0.508 e. The van der Waals surface area contributed by atoms with Gasteiger partial charge in [0.05, 0.1) is 11.6 Å². The zero-order valence-corrected chi connectivity index (χ0v) is 19.8. The van der Waals surface area contributed by atoms with Crippen molar-refractivity contribution in [3.05, 3.63) is 45.5 Å². The zero-order valence-electron chi connectivity index (χ0n) is 19.8. The van der Waals surface area contributed by atoms with Crippen molar-refractivity contribution < 1.29 is 39.2 Å². The van der Waals surface area contributed by atoms with Crippen molar-refractivity contribution >= 4 is 23.2 Å². The van der Waals surface area contributed by atoms with E-state index >= 15 is 4.39 Å². The average molecular weight is 502 g/mol. The number of aliphatic hydroxyl groups excluding tert-OH is 2. The first kappa shape index (κ1) is 24.4. The van der Waals surface area contributed by atoms with E-state index in [-0.39, 0.29) is 41.1 Å². The molecule has 0 bridgehead atoms. The number of amides is 1. The summed E-state index contributed by atoms with van der Waals surface area (Å²) in [6.07, 6.45) is 1.37. The van der Waals surface area contributed by atoms with Gasteiger partial charge in [-0.25, -0.2) is 4.39 Å². The second-order valence-electron chi connectivity index (χ2n) is 10.3. The van der Waals surface area contributed by atoms with Crippen LogP contribution in [0.4, 0.5) is 4.39 Å². The number of aliphatic hydroxyl groups is 3. The van der Waals surface area contributed by atoms with Crippen LogP contribution in [0.5, 0.6) is 5.75 Å². The number of fused-ring (bicyclic) bond motifs is 3. The number of carbonyl (C=O) groups excluding carboxylic acids is 3. The van der Waals surface area contributed by atoms with E-state index in [4.69, 9.17) is 5.73 Å². The monoisotopic (exact) mass is 501 g/mol. The Bertz CT molecular complexity index is 1280. The normalized spacial score (nSPS) is 32.0. The number of ketones is 2. The summed E-state index contributed by atoms with van der Waals surface area (Å²) in [5, 5.41) is 47.4. The van der Waals surface area contributed by atoms with Gasteiger partial charge in [-0.15, -0.1) is 0 Å². The lowest BCUT2D eigenvalue weighted by Gasteiger charge is -2.50. The lowest BCUT2D eigenvalue weighted by Crippen LogP contribution is -2.65. The first-order valence-electron chi connectivity index (χ1n) is 11.8. The number of Topliss-reactive ketones (excluding diaryl/α,β-unsaturated/α-hetero) is 2. The molecule has 1 heterocycles. The molecule has 4 aliphatic rings. The van der Waals surface area contributed by atoms with Crippen LogP contribution >= 0.6 is 0 Å². The molecule has 2 fully saturated rings. The summed E-state index contributed by atoms with van der Waals surface area (Å²) in [5.41, 5.74) is 1.48. The maximum atomic E-state index is 15.7. The van der Waals surface area contributed by atoms with Crippen LogP contribution in [0.25, 0.3) is 5.76 Å². The number of nitrogens with two attached hydrogens (primary N) is 1. The average Bonchev–Trinajstić information content (AvgIpc) is 3.32. The fourth-order valence-corrected chi connectivity index (χ4v) is 6.51. The second kappa shape index (κ2) is 8.12. The van der Waals surface area contributed by atoms with Gasteiger partial charge < -0.3 is 31.5 Å². The van der Waals surface area contributed by atoms with Crippen molar-refractivity contribution in [2.75, 3.05) is 20.6 Å². The number of phenolic OH excluding ortho intramolecular Hbond substituents is 1. The number of rotatable bonds is 3. The fourth-order valence-electron chi connectivity index (χ4n) is 6.51. The summed E-state index contributed by atoms with van der Waals surface area (Å²) in [4.78, 5) is 40.2. The first-order valence-corrected chi connectivity index (χ1v) is 11.8. The van der Waals surface area contributed by atoms with Gasteiger partial charge in [0.2, 0.25) is 5.78 Å². The molecule has 3 aliphatic carbocycles. The number of carbonyl (C=O) groups is 3. The van der Waals surface area contributed by atoms with Crippen molar-refractivity contribution in [1.29, 1.82) is 0 Å². The molecule has 10 nitrogen and oxygen atoms in total. The third-order valence-electron chi connectivity index (χ3n) is 8.12. The lowest BCUT2D eigenvalue weighted by molar-refractivity contribution is -0.153. The quantitative estimate of drug-likeness (QED) is 0.323. The maximum absolute atomic E-state index is 15.7. The van der Waals surface area contributed by atoms with Crippen LogP contribution in [-0.2, 0) is 20.8 Å². The van der Waals surface area contributed by atoms with E-state index in [1.165, 1.54) is 25.1 Å². The number of halogens is 1. The molecule has 1 saturated heterocycles. The van der Waals surface area contributed by atoms with E-state index in [0.717, 1.165) is 6.42 Å². The smallest absolute Gasteiger partial charge is 0.255 e. The van der Waals surface area contributed by atoms with Gasteiger partial charge in [0.15, 0.2) is 11.4 Å². The highest BCUT2D eigenvalue weighted by molar-refractivity contribution is 6.24. The predicted molar refractivity (Wildman–Crippen MR) is 124 cm³/mol. The topological polar surface area (TPSA) is 173 Å². The molecule has 192 valence electrons. The van der Waals surface area contributed by atoms with Crippen molar-refractivity contribution in [2.24, 2.45) is 17.6 Å². The molecule has 1 saturated carbocycles. The van der Waals surface area contributed by atoms with Gasteiger partial charge in [0.25, 0.3) is 5.91 Å². The zero-order chi connectivity index (χ0) is 26.3. The van der Waals surface area contributed by atoms with Gasteiger partial charge >= 0.3 is 0 Å². The minimum absolute atomic E-state index is 0.0457. The van der Waals surface area contributed by atoms with Crippen LogP contribution in [-0.4, -0.2) is 75.1 Å². The molecule has 11 heteroatoms. The Balaban J connectivity index is 1.71. The highest BCUT2D eigenvalue weighted by atomic mass is 19.1. The number of phenols is 1. The summed E-state index contributed by atoms with van der Waals surface area (Å²) in [6, 6.07) is -0.256. The molecule has 1 aromatic carbocycles. The number of nitrogens with one attached hydrogen (secondary N) is 1. The van der Waals surface area contributed by atoms with E-state index < -0.39 is 69.6 Å². The third-order valence-corrected chi connectivity index (χ3v) is 8.12. The first-order chi connectivity index (χ1) is 16.9. The molecular weight excluding hydrogens is 473 g/mol. The van der Waals surface area contributed by atoms with Crippen molar-refractivity contribution in [3.8, 4) is 5.75 Å². The van der Waals surface area contributed by atoms with Crippen molar-refractivity contribution in [1.82, 2.24) is 10.2 Å². The van der Waals surface area contributed by atoms with Gasteiger partial charge in [-0.2, -0.15) is 0 Å². The van der Waals surface area contributed by atoms with Gasteiger partial charge in [-0.1, -0.05) is 0 Å². The van der Waals surface area contributed by atoms with Gasteiger partial charge in [-0.3, -0.25) is 19.3 Å². The van der Waals surface area contributed by atoms with Gasteiger partial charge in [0, 0.05) is 28.7 Å². The molecule has 1 aromatic rings. The van der Waals surface area contributed by atoms with Crippen molar-refractivity contribution in [3.63, 3.8) is 0 Å². The molecule has 1 amide bonds. The molecule has 0 aromatic heterocycles. The number of aromatic hydroxyl groups is 1. The van der Waals surface area contributed by atoms with E-state index in [1.807, 2.05) is 0 Å². The number of hydrogen-bond acceptors (Lipinski definition) is 9. The summed E-state index contributed by atoms with van der Waals surface area (Å²) in [5.74, 6) is -8.13. The Hall–Kier alpha value is -3.28. The number of hydrogen-bond donors (Lipinski definition) is 6. The molecule has 1 unspecified atom stereocenters. The second-order valence-corrected chi connectivity index (χ2v) is 10.3. The molecule has 36 heavy (non-hydrogen) atoms. The highest BCUT2D eigenvalue weighted by Gasteiger charge is 2.64. The van der Waals surface area contributed by atoms with Crippen LogP contribution in [0.1, 0.15) is 42.0 Å². The summed E-state index contributed by atoms with van der Waals surface area (Å²) < 4.78 is 15.7. The Kier molecular flexibility index (Phi) is 5.51. The lowest BCUT2D eigenvalue weighted by atomic mass is 9.57. The SMILES string of the molecule is CN(C)[C@@H]1C(=O)C(C(N)=O)=C(O)[C@@]2(O)C(=O)C3=C(O)c4c(O)cc(C5CCCN5)c(F)c4C[C@H]3C[C@@H]12. The minimum atomic E-state index is -2.72. The molecule has 0 radical (unpaired) electrons. The number of benzene rings is 1. The largest absolute Gasteiger partial charge is 0.508 e. The third kappa shape index (κ3) is 3.09. The number of nitrogens with zero attached hydrogens (tertiary/aromatic N) is 1. The predicted octanol–water partition coefficient (Wildman–Crippen LogP) is 0.528. The molecule has 1 aliphatic heterocycles. The Morgan fingerprint density at radius 2 is 1.94 bits per heavy atom. The van der Waals surface area contributed by atoms with Crippen LogP contribution in [0, 0.1) is 17.7 Å². The molecular formula is C25H28FN3O7. The van der Waals surface area contributed by atoms with E-state index in [1.54, 1.807) is 0 Å². The maximum Gasteiger partial charge on any atom is 0.255 e. The van der Waals surface area contributed by atoms with Crippen LogP contribution in [0.2, 0.25) is 0 Å². The Labute approximate surface area is 205 Å². The van der Waals surface area contributed by atoms with Crippen LogP contribution in [0.15, 0.2) is 23.0 Å². The Morgan fingerprint density at radius 3 is 2.53 bits per heavy atom. The summed E-state index contributed by atoms with van der Waals surface area (Å²) in [6.45, 7) is 0.707. The summed E-state index contributed by atoms with van der Waals surface area (Å²) >= 11 is 0. The Morgan fingerprint density at radius 1 is 1.25 bits per heavy atom. The number of primary amides is 1. The van der Waals surface area contributed by atoms with E-state index in [2.05, 4.69) is 5.32 Å². The van der Waals surface area contributed by atoms with Crippen LogP contribution in [0.3, 0.4) is 0 Å². The van der Waals surface area contributed by atoms with E-state index in [9.17, 15) is 34.8 Å². The van der Waals surface area contributed by atoms with Crippen molar-refractivity contribution in [2.45, 2.75) is 43.4 Å². The summed E-state index contributed by atoms with van der Waals surface area (Å²) in [7, 11) is 3.04. The van der Waals surface area contributed by atoms with Crippen LogP contribution < -0.4 is 11.1 Å². The molecule has 7 N–H and O–H groups in total. The highest BCUT2D eigenvalue weighted by Crippen LogP contribution is 2.53. The standard InChI is InChI=1S/C25H28FN3O7/c1-29(2)19-12-7-9-6-11-16(14(30)8-10(18(11)26)13-4-3-5-28-13)20(31)15(9)22(33)25(12,36)23(34)17(21(19)32)24(27)35/h8-9,12-13,19,28,30-31,34,36H,3-7H2,1-2H3,(H2,27,35)/t9-,12-,13?,19-,25-/m0/s1. The molecule has 5 atom stereocenters. The fraction of sp³-hybridized carbons (Fsp3) is 0.480. The molecule has 5 rings (SSSR count). The van der Waals surface area contributed by atoms with Gasteiger partial charge in [0.1, 0.15) is 28.7 Å².